The van der Waals surface area contributed by atoms with Gasteiger partial charge < -0.3 is 10.2 Å². The van der Waals surface area contributed by atoms with Gasteiger partial charge in [-0.3, -0.25) is 9.59 Å². The largest absolute Gasteiger partial charge is 0.354 e. The van der Waals surface area contributed by atoms with Gasteiger partial charge in [0.05, 0.1) is 0 Å². The van der Waals surface area contributed by atoms with Crippen LogP contribution < -0.4 is 5.32 Å². The van der Waals surface area contributed by atoms with Crippen LogP contribution in [0.4, 0.5) is 0 Å². The number of amides is 2. The van der Waals surface area contributed by atoms with Gasteiger partial charge in [-0.15, -0.1) is 0 Å². The number of carbonyl (C=O) groups excluding carboxylic acids is 2. The van der Waals surface area contributed by atoms with Crippen LogP contribution in [0.2, 0.25) is 5.02 Å². The van der Waals surface area contributed by atoms with E-state index in [0.29, 0.717) is 31.0 Å². The Labute approximate surface area is 185 Å². The van der Waals surface area contributed by atoms with E-state index in [4.69, 9.17) is 11.6 Å². The average molecular weight is 429 g/mol. The summed E-state index contributed by atoms with van der Waals surface area (Å²) in [6.07, 6.45) is 4.77. The lowest BCUT2D eigenvalue weighted by Crippen LogP contribution is -2.50. The minimum atomic E-state index is -0.552. The lowest BCUT2D eigenvalue weighted by Gasteiger charge is -2.31. The number of rotatable bonds is 12. The second-order valence-corrected chi connectivity index (χ2v) is 8.04. The molecule has 0 fully saturated rings. The van der Waals surface area contributed by atoms with Gasteiger partial charge in [-0.25, -0.2) is 0 Å². The van der Waals surface area contributed by atoms with Crippen molar-refractivity contribution in [1.29, 1.82) is 0 Å². The zero-order valence-corrected chi connectivity index (χ0v) is 18.8. The van der Waals surface area contributed by atoms with Crippen LogP contribution in [0.5, 0.6) is 0 Å². The average Bonchev–Trinajstić information content (AvgIpc) is 2.75. The third-order valence-electron chi connectivity index (χ3n) is 5.08. The van der Waals surface area contributed by atoms with Crippen LogP contribution >= 0.6 is 11.6 Å². The molecule has 2 aromatic carbocycles. The van der Waals surface area contributed by atoms with Crippen LogP contribution in [0.25, 0.3) is 0 Å². The summed E-state index contributed by atoms with van der Waals surface area (Å²) in [5.74, 6) is -0.0922. The lowest BCUT2D eigenvalue weighted by atomic mass is 10.0. The van der Waals surface area contributed by atoms with E-state index in [9.17, 15) is 9.59 Å². The third kappa shape index (κ3) is 7.83. The molecule has 162 valence electrons. The molecule has 0 aromatic heterocycles. The molecule has 0 saturated carbocycles. The Morgan fingerprint density at radius 3 is 2.27 bits per heavy atom. The van der Waals surface area contributed by atoms with Crippen LogP contribution in [0.3, 0.4) is 0 Å². The normalized spacial score (nSPS) is 11.7. The van der Waals surface area contributed by atoms with E-state index in [1.54, 1.807) is 4.90 Å². The van der Waals surface area contributed by atoms with E-state index in [-0.39, 0.29) is 11.8 Å². The van der Waals surface area contributed by atoms with Gasteiger partial charge in [0, 0.05) is 31.0 Å². The first-order valence-electron chi connectivity index (χ1n) is 10.9. The van der Waals surface area contributed by atoms with E-state index in [1.165, 1.54) is 0 Å². The monoisotopic (exact) mass is 428 g/mol. The molecule has 1 unspecified atom stereocenters. The van der Waals surface area contributed by atoms with Gasteiger partial charge in [-0.05, 0) is 36.1 Å². The highest BCUT2D eigenvalue weighted by atomic mass is 35.5. The smallest absolute Gasteiger partial charge is 0.243 e. The van der Waals surface area contributed by atoms with Crippen LogP contribution in [-0.4, -0.2) is 29.3 Å². The van der Waals surface area contributed by atoms with Gasteiger partial charge in [0.2, 0.25) is 11.8 Å². The maximum Gasteiger partial charge on any atom is 0.243 e. The van der Waals surface area contributed by atoms with Crippen molar-refractivity contribution in [2.75, 3.05) is 6.54 Å². The number of benzene rings is 2. The Bertz CT molecular complexity index is 777. The molecule has 1 N–H and O–H groups in total. The maximum absolute atomic E-state index is 13.2. The Morgan fingerprint density at radius 2 is 1.63 bits per heavy atom. The first kappa shape index (κ1) is 23.9. The summed E-state index contributed by atoms with van der Waals surface area (Å²) in [7, 11) is 0. The van der Waals surface area contributed by atoms with Crippen molar-refractivity contribution in [3.05, 3.63) is 70.7 Å². The molecule has 0 aliphatic heterocycles. The molecular formula is C25H33ClN2O2. The molecule has 2 aromatic rings. The summed E-state index contributed by atoms with van der Waals surface area (Å²) < 4.78 is 0. The molecule has 0 radical (unpaired) electrons. The SMILES string of the molecule is CCCCCNC(=O)C(Cc1ccccc1)N(Cc1ccc(Cl)cc1)C(=O)CCC. The van der Waals surface area contributed by atoms with E-state index in [1.807, 2.05) is 61.5 Å². The van der Waals surface area contributed by atoms with Crippen molar-refractivity contribution < 1.29 is 9.59 Å². The molecule has 0 spiro atoms. The predicted octanol–water partition coefficient (Wildman–Crippen LogP) is 5.39. The molecule has 0 saturated heterocycles. The van der Waals surface area contributed by atoms with Gasteiger partial charge in [0.1, 0.15) is 6.04 Å². The zero-order chi connectivity index (χ0) is 21.8. The summed E-state index contributed by atoms with van der Waals surface area (Å²) in [5, 5.41) is 3.71. The molecule has 0 aliphatic carbocycles. The second kappa shape index (κ2) is 13.1. The van der Waals surface area contributed by atoms with E-state index in [0.717, 1.165) is 36.8 Å². The molecular weight excluding hydrogens is 396 g/mol. The molecule has 1 atom stereocenters. The number of hydrogen-bond acceptors (Lipinski definition) is 2. The minimum absolute atomic E-state index is 0.00270. The zero-order valence-electron chi connectivity index (χ0n) is 18.1. The highest BCUT2D eigenvalue weighted by molar-refractivity contribution is 6.30. The van der Waals surface area contributed by atoms with Crippen LogP contribution in [0.1, 0.15) is 57.1 Å². The first-order chi connectivity index (χ1) is 14.5. The summed E-state index contributed by atoms with van der Waals surface area (Å²) in [6, 6.07) is 16.8. The highest BCUT2D eigenvalue weighted by Crippen LogP contribution is 2.18. The summed E-state index contributed by atoms with van der Waals surface area (Å²) >= 11 is 6.02. The second-order valence-electron chi connectivity index (χ2n) is 7.60. The van der Waals surface area contributed by atoms with E-state index in [2.05, 4.69) is 12.2 Å². The van der Waals surface area contributed by atoms with Crippen LogP contribution in [0, 0.1) is 0 Å². The number of unbranched alkanes of at least 4 members (excludes halogenated alkanes) is 2. The Kier molecular flexibility index (Phi) is 10.4. The summed E-state index contributed by atoms with van der Waals surface area (Å²) in [5.41, 5.74) is 2.00. The fourth-order valence-corrected chi connectivity index (χ4v) is 3.53. The fourth-order valence-electron chi connectivity index (χ4n) is 3.40. The van der Waals surface area contributed by atoms with Gasteiger partial charge >= 0.3 is 0 Å². The van der Waals surface area contributed by atoms with Gasteiger partial charge in [-0.1, -0.05) is 80.8 Å². The molecule has 5 heteroatoms. The summed E-state index contributed by atoms with van der Waals surface area (Å²) in [4.78, 5) is 28.0. The van der Waals surface area contributed by atoms with Gasteiger partial charge in [-0.2, -0.15) is 0 Å². The minimum Gasteiger partial charge on any atom is -0.354 e. The first-order valence-corrected chi connectivity index (χ1v) is 11.3. The quantitative estimate of drug-likeness (QED) is 0.461. The Balaban J connectivity index is 2.27. The molecule has 2 amide bonds. The Morgan fingerprint density at radius 1 is 0.933 bits per heavy atom. The topological polar surface area (TPSA) is 49.4 Å². The lowest BCUT2D eigenvalue weighted by molar-refractivity contribution is -0.141. The van der Waals surface area contributed by atoms with Crippen molar-refractivity contribution in [3.8, 4) is 0 Å². The third-order valence-corrected chi connectivity index (χ3v) is 5.33. The van der Waals surface area contributed by atoms with Gasteiger partial charge in [0.15, 0.2) is 0 Å². The van der Waals surface area contributed by atoms with Crippen molar-refractivity contribution in [3.63, 3.8) is 0 Å². The maximum atomic E-state index is 13.2. The van der Waals surface area contributed by atoms with Crippen molar-refractivity contribution in [2.45, 2.75) is 65.0 Å². The number of nitrogens with zero attached hydrogens (tertiary/aromatic N) is 1. The van der Waals surface area contributed by atoms with Crippen molar-refractivity contribution in [2.24, 2.45) is 0 Å². The molecule has 2 rings (SSSR count). The predicted molar refractivity (Wildman–Crippen MR) is 123 cm³/mol. The standard InChI is InChI=1S/C25H33ClN2O2/c1-3-5-9-17-27-25(30)23(18-20-11-7-6-8-12-20)28(24(29)10-4-2)19-21-13-15-22(26)16-14-21/h6-8,11-16,23H,3-5,9-10,17-19H2,1-2H3,(H,27,30). The molecule has 0 bridgehead atoms. The molecule has 4 nitrogen and oxygen atoms in total. The fraction of sp³-hybridized carbons (Fsp3) is 0.440. The number of nitrogens with one attached hydrogen (secondary N) is 1. The van der Waals surface area contributed by atoms with E-state index >= 15 is 0 Å². The number of halogens is 1. The summed E-state index contributed by atoms with van der Waals surface area (Å²) in [6.45, 7) is 5.14. The number of hydrogen-bond donors (Lipinski definition) is 1. The van der Waals surface area contributed by atoms with Crippen LogP contribution in [0.15, 0.2) is 54.6 Å². The molecule has 0 heterocycles. The number of carbonyl (C=O) groups is 2. The van der Waals surface area contributed by atoms with Crippen molar-refractivity contribution in [1.82, 2.24) is 10.2 Å². The highest BCUT2D eigenvalue weighted by Gasteiger charge is 2.29. The van der Waals surface area contributed by atoms with E-state index < -0.39 is 6.04 Å². The van der Waals surface area contributed by atoms with Crippen molar-refractivity contribution >= 4 is 23.4 Å². The molecule has 30 heavy (non-hydrogen) atoms. The van der Waals surface area contributed by atoms with Crippen LogP contribution in [-0.2, 0) is 22.6 Å². The molecule has 0 aliphatic rings. The Hall–Kier alpha value is -2.33. The van der Waals surface area contributed by atoms with Gasteiger partial charge in [0.25, 0.3) is 0 Å².